The maximum atomic E-state index is 13.7. The van der Waals surface area contributed by atoms with Crippen LogP contribution >= 0.6 is 0 Å². The van der Waals surface area contributed by atoms with E-state index in [1.54, 1.807) is 0 Å². The van der Waals surface area contributed by atoms with Crippen LogP contribution < -0.4 is 0 Å². The van der Waals surface area contributed by atoms with E-state index in [0.717, 1.165) is 0 Å². The lowest BCUT2D eigenvalue weighted by Crippen LogP contribution is -2.69. The number of hydrogen-bond acceptors (Lipinski definition) is 2. The molecule has 160 valence electrons. The van der Waals surface area contributed by atoms with Crippen LogP contribution in [-0.2, 0) is 9.53 Å². The maximum Gasteiger partial charge on any atom is 0.384 e. The van der Waals surface area contributed by atoms with Crippen LogP contribution in [0.25, 0.3) is 0 Å². The van der Waals surface area contributed by atoms with Gasteiger partial charge in [-0.1, -0.05) is 13.5 Å². The van der Waals surface area contributed by atoms with E-state index in [1.807, 2.05) is 0 Å². The number of halogens is 12. The van der Waals surface area contributed by atoms with Crippen molar-refractivity contribution >= 4 is 5.97 Å². The number of hydrogen-bond donors (Lipinski definition) is 0. The van der Waals surface area contributed by atoms with Gasteiger partial charge in [-0.3, -0.25) is 0 Å². The van der Waals surface area contributed by atoms with Crippen LogP contribution in [0.3, 0.4) is 0 Å². The summed E-state index contributed by atoms with van der Waals surface area (Å²) in [7, 11) is 0. The normalized spacial score (nSPS) is 15.6. The SMILES string of the molecule is C=CC(=O)OCCC(C)C(F)(F)C(F)(F)C(F)(F)C(F)(F)C(F)(F)C(F)F. The van der Waals surface area contributed by atoms with Gasteiger partial charge < -0.3 is 4.74 Å². The number of ether oxygens (including phenoxy) is 1. The summed E-state index contributed by atoms with van der Waals surface area (Å²) in [6, 6.07) is 0. The summed E-state index contributed by atoms with van der Waals surface area (Å²) in [4.78, 5) is 10.7. The summed E-state index contributed by atoms with van der Waals surface area (Å²) in [5.74, 6) is -39.5. The van der Waals surface area contributed by atoms with E-state index in [0.29, 0.717) is 6.08 Å². The smallest absolute Gasteiger partial charge is 0.384 e. The highest BCUT2D eigenvalue weighted by molar-refractivity contribution is 5.81. The van der Waals surface area contributed by atoms with Crippen molar-refractivity contribution < 1.29 is 62.2 Å². The number of rotatable bonds is 10. The molecule has 0 spiro atoms. The van der Waals surface area contributed by atoms with Crippen molar-refractivity contribution in [1.29, 1.82) is 0 Å². The zero-order valence-corrected chi connectivity index (χ0v) is 13.2. The van der Waals surface area contributed by atoms with Crippen LogP contribution in [0, 0.1) is 5.92 Å². The minimum Gasteiger partial charge on any atom is -0.463 e. The average molecular weight is 428 g/mol. The first-order chi connectivity index (χ1) is 11.8. The monoisotopic (exact) mass is 428 g/mol. The Balaban J connectivity index is 5.77. The van der Waals surface area contributed by atoms with Crippen molar-refractivity contribution in [1.82, 2.24) is 0 Å². The Morgan fingerprint density at radius 3 is 1.67 bits per heavy atom. The van der Waals surface area contributed by atoms with Crippen LogP contribution in [0.4, 0.5) is 52.7 Å². The van der Waals surface area contributed by atoms with Crippen LogP contribution in [-0.4, -0.2) is 48.6 Å². The lowest BCUT2D eigenvalue weighted by Gasteiger charge is -2.40. The van der Waals surface area contributed by atoms with Crippen molar-refractivity contribution in [2.75, 3.05) is 6.61 Å². The van der Waals surface area contributed by atoms with E-state index in [2.05, 4.69) is 11.3 Å². The number of esters is 1. The van der Waals surface area contributed by atoms with E-state index in [1.165, 1.54) is 0 Å². The van der Waals surface area contributed by atoms with Gasteiger partial charge in [0.25, 0.3) is 0 Å². The fourth-order valence-corrected chi connectivity index (χ4v) is 1.64. The molecule has 14 heteroatoms. The Morgan fingerprint density at radius 1 is 0.889 bits per heavy atom. The van der Waals surface area contributed by atoms with Gasteiger partial charge in [-0.05, 0) is 6.42 Å². The minimum atomic E-state index is -7.56. The van der Waals surface area contributed by atoms with Crippen LogP contribution in [0.5, 0.6) is 0 Å². The third-order valence-electron chi connectivity index (χ3n) is 3.48. The minimum absolute atomic E-state index is 0.148. The zero-order chi connectivity index (χ0) is 22.1. The molecule has 27 heavy (non-hydrogen) atoms. The van der Waals surface area contributed by atoms with E-state index >= 15 is 0 Å². The Hall–Kier alpha value is -1.63. The Morgan fingerprint density at radius 2 is 1.30 bits per heavy atom. The standard InChI is InChI=1S/C13H12F12O2/c1-3-7(26)27-5-4-6(2)9(16,17)11(20,21)13(24,25)12(22,23)10(18,19)8(14)15/h3,6,8H,1,4-5H2,2H3. The first-order valence-corrected chi connectivity index (χ1v) is 6.78. The van der Waals surface area contributed by atoms with E-state index in [-0.39, 0.29) is 6.92 Å². The van der Waals surface area contributed by atoms with Crippen LogP contribution in [0.1, 0.15) is 13.3 Å². The fourth-order valence-electron chi connectivity index (χ4n) is 1.64. The summed E-state index contributed by atoms with van der Waals surface area (Å²) in [6.45, 7) is 1.97. The molecule has 0 aromatic rings. The van der Waals surface area contributed by atoms with Crippen LogP contribution in [0.15, 0.2) is 12.7 Å². The molecule has 0 heterocycles. The molecule has 0 N–H and O–H groups in total. The second kappa shape index (κ2) is 7.78. The third kappa shape index (κ3) is 4.13. The first-order valence-electron chi connectivity index (χ1n) is 6.78. The van der Waals surface area contributed by atoms with E-state index in [9.17, 15) is 57.5 Å². The summed E-state index contributed by atoms with van der Waals surface area (Å²) in [6.07, 6.45) is -6.30. The summed E-state index contributed by atoms with van der Waals surface area (Å²) >= 11 is 0. The van der Waals surface area contributed by atoms with Gasteiger partial charge in [0.05, 0.1) is 6.61 Å². The van der Waals surface area contributed by atoms with Crippen molar-refractivity contribution in [3.63, 3.8) is 0 Å². The molecule has 0 radical (unpaired) electrons. The van der Waals surface area contributed by atoms with Crippen molar-refractivity contribution in [3.8, 4) is 0 Å². The lowest BCUT2D eigenvalue weighted by molar-refractivity contribution is -0.417. The van der Waals surface area contributed by atoms with Crippen molar-refractivity contribution in [2.24, 2.45) is 5.92 Å². The molecule has 2 nitrogen and oxygen atoms in total. The zero-order valence-electron chi connectivity index (χ0n) is 13.2. The first kappa shape index (κ1) is 25.4. The average Bonchev–Trinajstić information content (AvgIpc) is 2.53. The predicted octanol–water partition coefficient (Wildman–Crippen LogP) is 5.18. The molecular formula is C13H12F12O2. The fraction of sp³-hybridized carbons (Fsp3) is 0.769. The number of carbonyl (C=O) groups is 1. The molecule has 0 aliphatic heterocycles. The van der Waals surface area contributed by atoms with E-state index in [4.69, 9.17) is 0 Å². The molecule has 0 bridgehead atoms. The van der Waals surface area contributed by atoms with Crippen molar-refractivity contribution in [2.45, 2.75) is 49.4 Å². The molecule has 0 aromatic carbocycles. The highest BCUT2D eigenvalue weighted by Gasteiger charge is 2.88. The highest BCUT2D eigenvalue weighted by atomic mass is 19.4. The topological polar surface area (TPSA) is 26.3 Å². The van der Waals surface area contributed by atoms with Gasteiger partial charge in [0.2, 0.25) is 0 Å². The molecule has 0 aromatic heterocycles. The van der Waals surface area contributed by atoms with Gasteiger partial charge in [-0.15, -0.1) is 0 Å². The molecule has 0 aliphatic carbocycles. The summed E-state index contributed by atoms with van der Waals surface area (Å²) < 4.78 is 160. The molecule has 1 atom stereocenters. The van der Waals surface area contributed by atoms with Crippen LogP contribution in [0.2, 0.25) is 0 Å². The largest absolute Gasteiger partial charge is 0.463 e. The van der Waals surface area contributed by atoms with Gasteiger partial charge in [-0.25, -0.2) is 13.6 Å². The van der Waals surface area contributed by atoms with Crippen molar-refractivity contribution in [3.05, 3.63) is 12.7 Å². The summed E-state index contributed by atoms with van der Waals surface area (Å²) in [5.41, 5.74) is 0. The molecule has 1 unspecified atom stereocenters. The Labute approximate surface area is 144 Å². The quantitative estimate of drug-likeness (QED) is 0.272. The summed E-state index contributed by atoms with van der Waals surface area (Å²) in [5, 5.41) is 0. The Bertz CT molecular complexity index is 543. The molecule has 0 fully saturated rings. The van der Waals surface area contributed by atoms with Gasteiger partial charge in [-0.2, -0.15) is 43.9 Å². The maximum absolute atomic E-state index is 13.7. The highest BCUT2D eigenvalue weighted by Crippen LogP contribution is 2.59. The predicted molar refractivity (Wildman–Crippen MR) is 65.7 cm³/mol. The van der Waals surface area contributed by atoms with E-state index < -0.39 is 61.0 Å². The molecule has 0 saturated carbocycles. The molecule has 0 amide bonds. The van der Waals surface area contributed by atoms with Gasteiger partial charge in [0.1, 0.15) is 0 Å². The number of carbonyl (C=O) groups excluding carboxylic acids is 1. The van der Waals surface area contributed by atoms with Gasteiger partial charge in [0, 0.05) is 12.0 Å². The number of alkyl halides is 12. The molecule has 0 aliphatic rings. The molecule has 0 rings (SSSR count). The van der Waals surface area contributed by atoms with Gasteiger partial charge >= 0.3 is 42.0 Å². The second-order valence-corrected chi connectivity index (χ2v) is 5.33. The molecular weight excluding hydrogens is 416 g/mol. The third-order valence-corrected chi connectivity index (χ3v) is 3.48. The van der Waals surface area contributed by atoms with Gasteiger partial charge in [0.15, 0.2) is 0 Å². The lowest BCUT2D eigenvalue weighted by atomic mass is 9.87. The second-order valence-electron chi connectivity index (χ2n) is 5.33. The molecule has 0 saturated heterocycles. The Kier molecular flexibility index (Phi) is 7.31.